The Bertz CT molecular complexity index is 743. The SMILES string of the molecule is CC(=O)O[C@H]1CC[C@@]2(C)[C@@H](CC[C@@H]3[C@@H]2CC[C@]2(C)[C@@H]([C@@](C)(O)[C@@H]4CC[C@H](C)CN4)CC[C@@H]32)C1. The summed E-state index contributed by atoms with van der Waals surface area (Å²) in [6.45, 7) is 12.2. The van der Waals surface area contributed by atoms with Gasteiger partial charge in [-0.15, -0.1) is 0 Å². The highest BCUT2D eigenvalue weighted by Gasteiger charge is 2.63. The molecule has 0 aromatic rings. The highest BCUT2D eigenvalue weighted by Crippen LogP contribution is 2.68. The molecule has 1 saturated heterocycles. The molecule has 0 spiro atoms. The Kier molecular flexibility index (Phi) is 6.21. The molecule has 4 aliphatic carbocycles. The minimum absolute atomic E-state index is 0.114. The maximum atomic E-state index is 12.0. The summed E-state index contributed by atoms with van der Waals surface area (Å²) in [4.78, 5) is 11.5. The van der Waals surface area contributed by atoms with Crippen molar-refractivity contribution in [3.8, 4) is 0 Å². The largest absolute Gasteiger partial charge is 0.463 e. The molecule has 0 aromatic heterocycles. The first-order valence-corrected chi connectivity index (χ1v) is 14.2. The van der Waals surface area contributed by atoms with Gasteiger partial charge in [0.2, 0.25) is 0 Å². The van der Waals surface area contributed by atoms with E-state index in [1.807, 2.05) is 0 Å². The van der Waals surface area contributed by atoms with Crippen LogP contribution in [0, 0.1) is 46.3 Å². The van der Waals surface area contributed by atoms with Crippen molar-refractivity contribution < 1.29 is 14.6 Å². The van der Waals surface area contributed by atoms with E-state index in [9.17, 15) is 9.90 Å². The Morgan fingerprint density at radius 2 is 1.70 bits per heavy atom. The molecule has 11 atom stereocenters. The first-order chi connectivity index (χ1) is 15.6. The van der Waals surface area contributed by atoms with Gasteiger partial charge in [0.15, 0.2) is 0 Å². The lowest BCUT2D eigenvalue weighted by Gasteiger charge is -2.62. The van der Waals surface area contributed by atoms with Crippen LogP contribution >= 0.6 is 0 Å². The summed E-state index contributed by atoms with van der Waals surface area (Å²) >= 11 is 0. The second-order valence-electron chi connectivity index (χ2n) is 13.7. The first kappa shape index (κ1) is 24.1. The van der Waals surface area contributed by atoms with Gasteiger partial charge in [0.1, 0.15) is 6.10 Å². The molecule has 4 heteroatoms. The Labute approximate surface area is 202 Å². The fraction of sp³-hybridized carbons (Fsp3) is 0.966. The molecule has 4 saturated carbocycles. The van der Waals surface area contributed by atoms with E-state index in [4.69, 9.17) is 4.74 Å². The number of carbonyl (C=O) groups is 1. The number of aliphatic hydroxyl groups is 1. The second-order valence-corrected chi connectivity index (χ2v) is 13.7. The van der Waals surface area contributed by atoms with Crippen LogP contribution < -0.4 is 5.32 Å². The van der Waals surface area contributed by atoms with Crippen molar-refractivity contribution in [2.75, 3.05) is 6.54 Å². The number of carbonyl (C=O) groups excluding carboxylic acids is 1. The first-order valence-electron chi connectivity index (χ1n) is 14.2. The van der Waals surface area contributed by atoms with Crippen molar-refractivity contribution >= 4 is 5.97 Å². The van der Waals surface area contributed by atoms with Crippen LogP contribution in [0.3, 0.4) is 0 Å². The summed E-state index contributed by atoms with van der Waals surface area (Å²) in [5, 5.41) is 15.7. The van der Waals surface area contributed by atoms with E-state index < -0.39 is 5.60 Å². The zero-order valence-corrected chi connectivity index (χ0v) is 21.9. The van der Waals surface area contributed by atoms with Gasteiger partial charge in [0, 0.05) is 13.0 Å². The topological polar surface area (TPSA) is 58.6 Å². The minimum atomic E-state index is -0.611. The van der Waals surface area contributed by atoms with E-state index in [0.717, 1.165) is 49.5 Å². The zero-order valence-electron chi connectivity index (χ0n) is 21.9. The molecule has 1 aliphatic heterocycles. The van der Waals surface area contributed by atoms with Crippen LogP contribution in [-0.4, -0.2) is 35.4 Å². The number of piperidine rings is 1. The van der Waals surface area contributed by atoms with E-state index in [1.54, 1.807) is 6.92 Å². The van der Waals surface area contributed by atoms with Crippen LogP contribution in [0.15, 0.2) is 0 Å². The normalized spacial score (nSPS) is 51.6. The minimum Gasteiger partial charge on any atom is -0.463 e. The standard InChI is InChI=1S/C29H49NO3/c1-18-6-11-26(30-17-18)29(5,32)25-10-9-23-22-8-7-20-16-21(33-19(2)31)12-14-27(20,3)24(22)13-15-28(23,25)4/h18,20-26,30,32H,6-17H2,1-5H3/t18-,20-,21-,22-,23-,24-,25-,26-,27-,28-,29+/m0/s1. The van der Waals surface area contributed by atoms with Gasteiger partial charge in [0.05, 0.1) is 5.60 Å². The Hall–Kier alpha value is -0.610. The van der Waals surface area contributed by atoms with Gasteiger partial charge in [0.25, 0.3) is 0 Å². The lowest BCUT2D eigenvalue weighted by molar-refractivity contribution is -0.165. The van der Waals surface area contributed by atoms with Gasteiger partial charge in [-0.2, -0.15) is 0 Å². The average Bonchev–Trinajstić information content (AvgIpc) is 3.12. The van der Waals surface area contributed by atoms with Gasteiger partial charge in [-0.25, -0.2) is 0 Å². The van der Waals surface area contributed by atoms with Crippen molar-refractivity contribution in [1.82, 2.24) is 5.32 Å². The van der Waals surface area contributed by atoms with Crippen molar-refractivity contribution in [1.29, 1.82) is 0 Å². The van der Waals surface area contributed by atoms with Gasteiger partial charge in [-0.1, -0.05) is 20.8 Å². The summed E-state index contributed by atoms with van der Waals surface area (Å²) in [7, 11) is 0. The summed E-state index contributed by atoms with van der Waals surface area (Å²) < 4.78 is 5.65. The highest BCUT2D eigenvalue weighted by atomic mass is 16.5. The van der Waals surface area contributed by atoms with Crippen LogP contribution in [0.2, 0.25) is 0 Å². The number of hydrogen-bond acceptors (Lipinski definition) is 4. The molecule has 0 aromatic carbocycles. The van der Waals surface area contributed by atoms with Crippen LogP contribution in [0.5, 0.6) is 0 Å². The molecule has 5 fully saturated rings. The van der Waals surface area contributed by atoms with E-state index in [-0.39, 0.29) is 23.5 Å². The Morgan fingerprint density at radius 1 is 0.970 bits per heavy atom. The monoisotopic (exact) mass is 459 g/mol. The van der Waals surface area contributed by atoms with Crippen LogP contribution in [0.4, 0.5) is 0 Å². The summed E-state index contributed by atoms with van der Waals surface area (Å²) in [5.74, 6) is 4.12. The van der Waals surface area contributed by atoms with Crippen LogP contribution in [0.1, 0.15) is 105 Å². The highest BCUT2D eigenvalue weighted by molar-refractivity contribution is 5.66. The third-order valence-electron chi connectivity index (χ3n) is 12.0. The quantitative estimate of drug-likeness (QED) is 0.530. The molecule has 5 rings (SSSR count). The molecule has 0 amide bonds. The number of hydrogen-bond donors (Lipinski definition) is 2. The van der Waals surface area contributed by atoms with Crippen molar-refractivity contribution in [3.05, 3.63) is 0 Å². The van der Waals surface area contributed by atoms with Gasteiger partial charge in [-0.05, 0) is 130 Å². The van der Waals surface area contributed by atoms with Crippen LogP contribution in [0.25, 0.3) is 0 Å². The summed E-state index contributed by atoms with van der Waals surface area (Å²) in [6.07, 6.45) is 13.6. The number of rotatable bonds is 3. The number of fused-ring (bicyclic) bond motifs is 5. The molecule has 188 valence electrons. The van der Waals surface area contributed by atoms with Gasteiger partial charge >= 0.3 is 5.97 Å². The lowest BCUT2D eigenvalue weighted by Crippen LogP contribution is -2.60. The third-order valence-corrected chi connectivity index (χ3v) is 12.0. The van der Waals surface area contributed by atoms with E-state index in [1.165, 1.54) is 51.4 Å². The summed E-state index contributed by atoms with van der Waals surface area (Å²) in [6, 6.07) is 0.247. The molecule has 2 N–H and O–H groups in total. The number of nitrogens with one attached hydrogen (secondary N) is 1. The lowest BCUT2D eigenvalue weighted by atomic mass is 9.44. The van der Waals surface area contributed by atoms with Crippen molar-refractivity contribution in [2.24, 2.45) is 46.3 Å². The van der Waals surface area contributed by atoms with E-state index in [2.05, 4.69) is 33.0 Å². The summed E-state index contributed by atoms with van der Waals surface area (Å²) in [5.41, 5.74) is 0.0653. The predicted molar refractivity (Wildman–Crippen MR) is 132 cm³/mol. The van der Waals surface area contributed by atoms with Crippen molar-refractivity contribution in [3.63, 3.8) is 0 Å². The Balaban J connectivity index is 1.32. The van der Waals surface area contributed by atoms with E-state index >= 15 is 0 Å². The molecular weight excluding hydrogens is 410 g/mol. The van der Waals surface area contributed by atoms with E-state index in [0.29, 0.717) is 17.3 Å². The number of esters is 1. The maximum Gasteiger partial charge on any atom is 0.302 e. The predicted octanol–water partition coefficient (Wildman–Crippen LogP) is 5.72. The molecular formula is C29H49NO3. The maximum absolute atomic E-state index is 12.0. The molecule has 0 bridgehead atoms. The molecule has 4 nitrogen and oxygen atoms in total. The van der Waals surface area contributed by atoms with Crippen LogP contribution in [-0.2, 0) is 9.53 Å². The third kappa shape index (κ3) is 3.90. The average molecular weight is 460 g/mol. The fourth-order valence-corrected chi connectivity index (χ4v) is 10.3. The molecule has 1 heterocycles. The fourth-order valence-electron chi connectivity index (χ4n) is 10.3. The number of ether oxygens (including phenoxy) is 1. The molecule has 0 unspecified atom stereocenters. The zero-order chi connectivity index (χ0) is 23.6. The molecule has 5 aliphatic rings. The molecule has 33 heavy (non-hydrogen) atoms. The second kappa shape index (κ2) is 8.50. The Morgan fingerprint density at radius 3 is 2.39 bits per heavy atom. The molecule has 0 radical (unpaired) electrons. The van der Waals surface area contributed by atoms with Gasteiger partial charge < -0.3 is 15.2 Å². The van der Waals surface area contributed by atoms with Gasteiger partial charge in [-0.3, -0.25) is 4.79 Å². The smallest absolute Gasteiger partial charge is 0.302 e. The van der Waals surface area contributed by atoms with Crippen molar-refractivity contribution in [2.45, 2.75) is 123 Å².